The summed E-state index contributed by atoms with van der Waals surface area (Å²) in [7, 11) is 0. The molecule has 234 valence electrons. The Labute approximate surface area is 264 Å². The minimum Gasteiger partial charge on any atom is -0.383 e. The smallest absolute Gasteiger partial charge is 0.383 e. The molecule has 0 saturated heterocycles. The number of nitrogens with zero attached hydrogens (tertiary/aromatic N) is 5. The molecule has 0 radical (unpaired) electrons. The highest BCUT2D eigenvalue weighted by Gasteiger charge is 2.67. The predicted octanol–water partition coefficient (Wildman–Crippen LogP) is 7.13. The van der Waals surface area contributed by atoms with E-state index in [0.717, 1.165) is 21.8 Å². The van der Waals surface area contributed by atoms with Gasteiger partial charge in [-0.1, -0.05) is 44.5 Å². The number of hydrogen-bond donors (Lipinski definition) is 4. The van der Waals surface area contributed by atoms with Gasteiger partial charge in [-0.15, -0.1) is 5.53 Å². The number of nitriles is 1. The zero-order chi connectivity index (χ0) is 32.1. The molecule has 45 heavy (non-hydrogen) atoms. The Balaban J connectivity index is 1.46. The van der Waals surface area contributed by atoms with Crippen molar-refractivity contribution in [3.63, 3.8) is 0 Å². The summed E-state index contributed by atoms with van der Waals surface area (Å²) < 4.78 is 43.9. The molecule has 1 atom stereocenters. The van der Waals surface area contributed by atoms with Crippen LogP contribution in [-0.4, -0.2) is 38.0 Å². The molecule has 6 rings (SSSR count). The van der Waals surface area contributed by atoms with Crippen molar-refractivity contribution < 1.29 is 13.2 Å². The fourth-order valence-electron chi connectivity index (χ4n) is 5.56. The van der Waals surface area contributed by atoms with Gasteiger partial charge in [0, 0.05) is 42.4 Å². The van der Waals surface area contributed by atoms with Crippen molar-refractivity contribution >= 4 is 33.9 Å². The molecule has 13 heteroatoms. The van der Waals surface area contributed by atoms with Gasteiger partial charge in [0.1, 0.15) is 6.07 Å². The molecule has 1 saturated carbocycles. The molecule has 0 spiro atoms. The second-order valence-electron chi connectivity index (χ2n) is 12.7. The zero-order valence-electron chi connectivity index (χ0n) is 25.2. The van der Waals surface area contributed by atoms with Gasteiger partial charge in [-0.2, -0.15) is 23.5 Å². The summed E-state index contributed by atoms with van der Waals surface area (Å²) in [5, 5.41) is 23.3. The van der Waals surface area contributed by atoms with Gasteiger partial charge in [0.15, 0.2) is 5.54 Å². The van der Waals surface area contributed by atoms with E-state index < -0.39 is 17.8 Å². The summed E-state index contributed by atoms with van der Waals surface area (Å²) in [5.74, 6) is 0. The summed E-state index contributed by atoms with van der Waals surface area (Å²) in [4.78, 5) is 4.45. The van der Waals surface area contributed by atoms with Crippen LogP contribution in [0.5, 0.6) is 0 Å². The van der Waals surface area contributed by atoms with Crippen LogP contribution in [0.4, 0.5) is 24.5 Å². The van der Waals surface area contributed by atoms with Crippen LogP contribution in [0.25, 0.3) is 16.6 Å². The van der Waals surface area contributed by atoms with Gasteiger partial charge in [-0.3, -0.25) is 9.99 Å². The molecular formula is C32H33ClF3N9. The number of halogens is 4. The fraction of sp³-hybridized carbons (Fsp3) is 0.344. The van der Waals surface area contributed by atoms with Gasteiger partial charge in [0.2, 0.25) is 0 Å². The van der Waals surface area contributed by atoms with Crippen LogP contribution >= 0.6 is 11.6 Å². The zero-order valence-corrected chi connectivity index (χ0v) is 26.0. The van der Waals surface area contributed by atoms with E-state index in [9.17, 15) is 18.4 Å². The average molecular weight is 636 g/mol. The fourth-order valence-corrected chi connectivity index (χ4v) is 5.83. The lowest BCUT2D eigenvalue weighted by molar-refractivity contribution is -0.195. The number of alkyl halides is 3. The number of anilines is 2. The first-order chi connectivity index (χ1) is 21.3. The van der Waals surface area contributed by atoms with E-state index in [4.69, 9.17) is 11.6 Å². The van der Waals surface area contributed by atoms with E-state index >= 15 is 0 Å². The van der Waals surface area contributed by atoms with E-state index in [1.807, 2.05) is 43.5 Å². The van der Waals surface area contributed by atoms with E-state index in [-0.39, 0.29) is 18.3 Å². The monoisotopic (exact) mass is 635 g/mol. The van der Waals surface area contributed by atoms with Crippen molar-refractivity contribution in [2.24, 2.45) is 5.41 Å². The summed E-state index contributed by atoms with van der Waals surface area (Å²) in [6, 6.07) is 12.7. The topological polar surface area (TPSA) is 106 Å². The number of hydrogen-bond acceptors (Lipinski definition) is 8. The Hall–Kier alpha value is -4.47. The van der Waals surface area contributed by atoms with Crippen LogP contribution in [0.15, 0.2) is 66.9 Å². The third-order valence-electron chi connectivity index (χ3n) is 8.17. The second kappa shape index (κ2) is 11.2. The van der Waals surface area contributed by atoms with Crippen LogP contribution < -0.4 is 21.6 Å². The van der Waals surface area contributed by atoms with Crippen molar-refractivity contribution in [3.8, 4) is 11.8 Å². The first-order valence-corrected chi connectivity index (χ1v) is 14.9. The molecule has 2 aromatic heterocycles. The van der Waals surface area contributed by atoms with Crippen LogP contribution in [0.1, 0.15) is 56.3 Å². The number of hydrazine groups is 2. The molecule has 4 N–H and O–H groups in total. The van der Waals surface area contributed by atoms with E-state index in [1.165, 1.54) is 12.4 Å². The van der Waals surface area contributed by atoms with Crippen LogP contribution in [0.3, 0.4) is 0 Å². The largest absolute Gasteiger partial charge is 0.413 e. The third kappa shape index (κ3) is 5.74. The summed E-state index contributed by atoms with van der Waals surface area (Å²) >= 11 is 6.77. The lowest BCUT2D eigenvalue weighted by Gasteiger charge is -2.28. The highest BCUT2D eigenvalue weighted by Crippen LogP contribution is 2.54. The molecule has 0 unspecified atom stereocenters. The van der Waals surface area contributed by atoms with Crippen LogP contribution in [0.2, 0.25) is 5.02 Å². The Kier molecular flexibility index (Phi) is 7.57. The highest BCUT2D eigenvalue weighted by molar-refractivity contribution is 6.35. The van der Waals surface area contributed by atoms with Crippen LogP contribution in [0, 0.1) is 23.7 Å². The van der Waals surface area contributed by atoms with Crippen molar-refractivity contribution in [3.05, 3.63) is 88.6 Å². The van der Waals surface area contributed by atoms with Gasteiger partial charge in [0.25, 0.3) is 0 Å². The summed E-state index contributed by atoms with van der Waals surface area (Å²) in [5.41, 5.74) is 8.82. The Morgan fingerprint density at radius 3 is 2.60 bits per heavy atom. The normalized spacial score (nSPS) is 16.6. The van der Waals surface area contributed by atoms with Crippen molar-refractivity contribution in [2.45, 2.75) is 58.3 Å². The minimum atomic E-state index is -4.40. The lowest BCUT2D eigenvalue weighted by atomic mass is 9.96. The minimum absolute atomic E-state index is 0.000280. The predicted molar refractivity (Wildman–Crippen MR) is 168 cm³/mol. The number of fused-ring (bicyclic) bond motifs is 1. The molecule has 0 amide bonds. The molecule has 1 aliphatic carbocycles. The first-order valence-electron chi connectivity index (χ1n) is 14.5. The number of nitrogens with one attached hydrogen (secondary N) is 4. The van der Waals surface area contributed by atoms with E-state index in [0.29, 0.717) is 45.1 Å². The number of pyridine rings is 1. The lowest BCUT2D eigenvalue weighted by Crippen LogP contribution is -2.52. The number of rotatable bonds is 8. The molecule has 1 fully saturated rings. The number of aromatic nitrogens is 3. The van der Waals surface area contributed by atoms with E-state index in [1.54, 1.807) is 16.9 Å². The molecular weight excluding hydrogens is 603 g/mol. The molecule has 0 bridgehead atoms. The van der Waals surface area contributed by atoms with Gasteiger partial charge in [-0.05, 0) is 60.6 Å². The van der Waals surface area contributed by atoms with Crippen molar-refractivity contribution in [2.75, 3.05) is 17.2 Å². The molecule has 4 aromatic rings. The Morgan fingerprint density at radius 1 is 1.18 bits per heavy atom. The van der Waals surface area contributed by atoms with Crippen LogP contribution in [-0.2, 0) is 0 Å². The van der Waals surface area contributed by atoms with Gasteiger partial charge in [0.05, 0.1) is 39.2 Å². The van der Waals surface area contributed by atoms with Gasteiger partial charge < -0.3 is 16.1 Å². The maximum atomic E-state index is 14.0. The molecule has 3 heterocycles. The summed E-state index contributed by atoms with van der Waals surface area (Å²) in [6.07, 6.45) is 2.09. The molecule has 2 aliphatic rings. The SMILES string of the molecule is Cc1c([C@H](Nc2cc(Cl)c3ncc(C#N)c(NCC(C)(C)C)c3c2)C2=CN(C3(C(F)(F)F)CC3)NN2)cccc1-n1cccn1. The maximum Gasteiger partial charge on any atom is 0.413 e. The average Bonchev–Trinajstić information content (AvgIpc) is 3.38. The van der Waals surface area contributed by atoms with Crippen molar-refractivity contribution in [1.82, 2.24) is 30.7 Å². The highest BCUT2D eigenvalue weighted by atomic mass is 35.5. The molecule has 2 aromatic carbocycles. The van der Waals surface area contributed by atoms with Gasteiger partial charge in [-0.25, -0.2) is 4.68 Å². The molecule has 1 aliphatic heterocycles. The van der Waals surface area contributed by atoms with E-state index in [2.05, 4.69) is 58.5 Å². The first kappa shape index (κ1) is 30.6. The Bertz CT molecular complexity index is 1820. The Morgan fingerprint density at radius 2 is 1.96 bits per heavy atom. The maximum absolute atomic E-state index is 14.0. The second-order valence-corrected chi connectivity index (χ2v) is 13.1. The standard InChI is InChI=1S/C32H33ClF3N9/c1-19-22(7-5-8-26(19)44-12-6-11-40-44)29(25-17-45(43-42-25)31(9-10-31)32(34,35)36)41-21-13-23-27(39-18-30(2,3)4)20(15-37)16-38-28(23)24(33)14-21/h5-8,11-14,16-17,29,41-43H,9-10,18H2,1-4H3,(H,38,39)/t29-/m0/s1. The quantitative estimate of drug-likeness (QED) is 0.162. The van der Waals surface area contributed by atoms with Gasteiger partial charge >= 0.3 is 6.18 Å². The van der Waals surface area contributed by atoms with Crippen molar-refractivity contribution in [1.29, 1.82) is 5.26 Å². The third-order valence-corrected chi connectivity index (χ3v) is 8.46. The molecule has 9 nitrogen and oxygen atoms in total. The number of benzene rings is 2. The summed E-state index contributed by atoms with van der Waals surface area (Å²) in [6.45, 7) is 8.81.